The summed E-state index contributed by atoms with van der Waals surface area (Å²) >= 11 is 0. The Labute approximate surface area is 413 Å². The molecule has 4 aromatic carbocycles. The average Bonchev–Trinajstić information content (AvgIpc) is 3.62. The quantitative estimate of drug-likeness (QED) is 0.0165. The lowest BCUT2D eigenvalue weighted by Crippen LogP contribution is -2.27. The Kier molecular flexibility index (Phi) is 14.7. The van der Waals surface area contributed by atoms with Gasteiger partial charge in [0.15, 0.2) is 5.71 Å². The number of hydrogen-bond acceptors (Lipinski definition) is 11. The molecule has 3 aliphatic rings. The molecule has 0 unspecified atom stereocenters. The molecule has 1 amide bonds. The van der Waals surface area contributed by atoms with Gasteiger partial charge in [0, 0.05) is 76.2 Å². The summed E-state index contributed by atoms with van der Waals surface area (Å²) in [4.78, 5) is 14.6. The third-order valence-corrected chi connectivity index (χ3v) is 16.9. The lowest BCUT2D eigenvalue weighted by atomic mass is 9.78. The van der Waals surface area contributed by atoms with Crippen LogP contribution in [0.2, 0.25) is 0 Å². The van der Waals surface area contributed by atoms with Gasteiger partial charge in [-0.3, -0.25) is 23.0 Å². The van der Waals surface area contributed by atoms with Crippen LogP contribution in [0, 0.1) is 0 Å². The van der Waals surface area contributed by atoms with E-state index in [9.17, 15) is 56.7 Å². The van der Waals surface area contributed by atoms with Crippen molar-refractivity contribution in [1.82, 2.24) is 5.32 Å². The number of unbranched alkanes of at least 4 members (excludes halogenated alkanes) is 2. The number of benzene rings is 4. The molecule has 2 heterocycles. The van der Waals surface area contributed by atoms with Crippen LogP contribution in [-0.2, 0) is 56.1 Å². The van der Waals surface area contributed by atoms with Crippen molar-refractivity contribution in [3.8, 4) is 0 Å². The lowest BCUT2D eigenvalue weighted by Gasteiger charge is -2.27. The maximum atomic E-state index is 12.7. The predicted octanol–water partition coefficient (Wildman–Crippen LogP) is 8.64. The summed E-state index contributed by atoms with van der Waals surface area (Å²) in [6, 6.07) is 10.3. The molecule has 0 fully saturated rings. The van der Waals surface area contributed by atoms with E-state index in [0.717, 1.165) is 54.0 Å². The Morgan fingerprint density at radius 3 is 1.94 bits per heavy atom. The molecule has 19 nitrogen and oxygen atoms in total. The average molecular weight is 1050 g/mol. The minimum Gasteiger partial charge on any atom is -0.356 e. The topological polar surface area (TPSA) is 302 Å². The third kappa shape index (κ3) is 10.9. The molecule has 7 rings (SSSR count). The Hall–Kier alpha value is -5.75. The second-order valence-electron chi connectivity index (χ2n) is 18.9. The minimum absolute atomic E-state index is 0.0688. The third-order valence-electron chi connectivity index (χ3n) is 13.4. The van der Waals surface area contributed by atoms with Gasteiger partial charge in [-0.1, -0.05) is 49.7 Å². The molecule has 23 heteroatoms. The molecule has 378 valence electrons. The van der Waals surface area contributed by atoms with Crippen LogP contribution in [0.15, 0.2) is 120 Å². The van der Waals surface area contributed by atoms with Gasteiger partial charge in [0.05, 0.1) is 15.2 Å². The molecule has 1 aliphatic carbocycles. The molecule has 0 saturated heterocycles. The van der Waals surface area contributed by atoms with Crippen LogP contribution in [0.3, 0.4) is 0 Å². The van der Waals surface area contributed by atoms with Crippen LogP contribution >= 0.6 is 0 Å². The minimum atomic E-state index is -4.96. The molecular weight excluding hydrogens is 997 g/mol. The summed E-state index contributed by atoms with van der Waals surface area (Å²) in [6.45, 7) is 8.79. The predicted molar refractivity (Wildman–Crippen MR) is 269 cm³/mol. The number of nitrogens with zero attached hydrogens (tertiary/aromatic N) is 5. The summed E-state index contributed by atoms with van der Waals surface area (Å²) in [5.41, 5.74) is 12.8. The second kappa shape index (κ2) is 19.7. The summed E-state index contributed by atoms with van der Waals surface area (Å²) in [7, 11) is -17.8. The van der Waals surface area contributed by atoms with E-state index in [1.807, 2.05) is 63.6 Å². The molecule has 0 radical (unpaired) electrons. The standard InChI is InChI=1S/C48H54N6O13S4/c1-47(2)42(53(5)38-18-16-34-36(45(38)47)26-32(68(56,57)58)28-40(34)70(62,63)64)20-14-30-11-9-12-31(25-30)15-21-43-48(3,4)46-37-27-33(69(59,60)61)29-41(71(65,66)67)35(37)17-19-39(46)54(43)24-8-6-7-13-44(55)50-22-10-23-51-52-49/h14-21,25-29H,6-13,22-24H2,1-5H3,(H4-,50,55,56,57,58,59,60,61,62,63,64,65,66,67)/p+1. The summed E-state index contributed by atoms with van der Waals surface area (Å²) in [5.74, 6) is -0.124. The molecule has 71 heavy (non-hydrogen) atoms. The molecule has 0 spiro atoms. The number of amides is 1. The first-order valence-corrected chi connectivity index (χ1v) is 28.4. The Bertz CT molecular complexity index is 3590. The zero-order chi connectivity index (χ0) is 52.1. The Morgan fingerprint density at radius 1 is 0.746 bits per heavy atom. The molecule has 0 saturated carbocycles. The normalized spacial score (nSPS) is 18.1. The van der Waals surface area contributed by atoms with Crippen molar-refractivity contribution in [2.45, 2.75) is 109 Å². The Balaban J connectivity index is 1.23. The van der Waals surface area contributed by atoms with Crippen LogP contribution in [0.4, 0.5) is 11.4 Å². The van der Waals surface area contributed by atoms with Crippen molar-refractivity contribution in [3.05, 3.63) is 117 Å². The monoisotopic (exact) mass is 1050 g/mol. The van der Waals surface area contributed by atoms with E-state index in [2.05, 4.69) is 26.3 Å². The van der Waals surface area contributed by atoms with Crippen molar-refractivity contribution >= 4 is 85.0 Å². The van der Waals surface area contributed by atoms with Gasteiger partial charge in [0.25, 0.3) is 40.5 Å². The van der Waals surface area contributed by atoms with Crippen LogP contribution in [0.1, 0.15) is 90.2 Å². The fourth-order valence-corrected chi connectivity index (χ4v) is 12.8. The summed E-state index contributed by atoms with van der Waals surface area (Å²) in [5, 5.41) is 6.89. The fraction of sp³-hybridized carbons (Fsp3) is 0.375. The van der Waals surface area contributed by atoms with E-state index in [4.69, 9.17) is 5.53 Å². The molecule has 4 aromatic rings. The number of fused-ring (bicyclic) bond motifs is 6. The first-order valence-electron chi connectivity index (χ1n) is 22.7. The highest BCUT2D eigenvalue weighted by molar-refractivity contribution is 7.87. The zero-order valence-electron chi connectivity index (χ0n) is 39.6. The van der Waals surface area contributed by atoms with Gasteiger partial charge >= 0.3 is 0 Å². The van der Waals surface area contributed by atoms with E-state index >= 15 is 0 Å². The van der Waals surface area contributed by atoms with E-state index in [-0.39, 0.29) is 40.4 Å². The van der Waals surface area contributed by atoms with Crippen molar-refractivity contribution in [2.24, 2.45) is 5.11 Å². The van der Waals surface area contributed by atoms with E-state index in [0.29, 0.717) is 61.3 Å². The highest BCUT2D eigenvalue weighted by Gasteiger charge is 2.45. The molecular formula is C48H55N6O13S4+. The first kappa shape index (κ1) is 53.1. The van der Waals surface area contributed by atoms with Gasteiger partial charge in [0.2, 0.25) is 11.6 Å². The summed E-state index contributed by atoms with van der Waals surface area (Å²) < 4.78 is 142. The smallest absolute Gasteiger partial charge is 0.295 e. The number of rotatable bonds is 17. The zero-order valence-corrected chi connectivity index (χ0v) is 42.9. The number of allylic oxidation sites excluding steroid dienone is 8. The molecule has 0 bridgehead atoms. The maximum absolute atomic E-state index is 12.7. The number of carbonyl (C=O) groups excluding carboxylic acids is 1. The van der Waals surface area contributed by atoms with Gasteiger partial charge in [0.1, 0.15) is 16.8 Å². The van der Waals surface area contributed by atoms with Crippen LogP contribution in [0.25, 0.3) is 32.0 Å². The van der Waals surface area contributed by atoms with Crippen molar-refractivity contribution < 1.29 is 61.3 Å². The Morgan fingerprint density at radius 2 is 1.35 bits per heavy atom. The second-order valence-corrected chi connectivity index (χ2v) is 24.5. The van der Waals surface area contributed by atoms with E-state index < -0.39 is 70.9 Å². The number of nitrogens with one attached hydrogen (secondary N) is 1. The van der Waals surface area contributed by atoms with E-state index in [1.165, 1.54) is 24.3 Å². The van der Waals surface area contributed by atoms with Crippen molar-refractivity contribution in [2.75, 3.05) is 31.6 Å². The van der Waals surface area contributed by atoms with Gasteiger partial charge in [-0.2, -0.15) is 38.2 Å². The molecule has 2 aliphatic heterocycles. The number of anilines is 1. The number of hydrogen-bond donors (Lipinski definition) is 5. The molecule has 0 aromatic heterocycles. The lowest BCUT2D eigenvalue weighted by molar-refractivity contribution is -0.401. The van der Waals surface area contributed by atoms with Crippen LogP contribution < -0.4 is 10.2 Å². The fourth-order valence-electron chi connectivity index (χ4n) is 10.2. The van der Waals surface area contributed by atoms with Crippen LogP contribution in [0.5, 0.6) is 0 Å². The van der Waals surface area contributed by atoms with Gasteiger partial charge in [-0.05, 0) is 128 Å². The first-order chi connectivity index (χ1) is 33.1. The van der Waals surface area contributed by atoms with Gasteiger partial charge < -0.3 is 10.2 Å². The van der Waals surface area contributed by atoms with Gasteiger partial charge in [-0.15, -0.1) is 0 Å². The van der Waals surface area contributed by atoms with Gasteiger partial charge in [-0.25, -0.2) is 0 Å². The number of azide groups is 1. The summed E-state index contributed by atoms with van der Waals surface area (Å²) in [6.07, 6.45) is 15.0. The highest BCUT2D eigenvalue weighted by Crippen LogP contribution is 2.52. The van der Waals surface area contributed by atoms with E-state index in [1.54, 1.807) is 12.1 Å². The van der Waals surface area contributed by atoms with Crippen LogP contribution in [-0.4, -0.2) is 94.8 Å². The SMILES string of the molecule is C[N+]1=C(/C=C/C2=CC(=C\C=C3/N(CCCCCC(=O)NCCCN=[N+]=[N-])c4ccc5c(S(=O)(=O)O)cc(S(=O)(=O)O)cc5c4C3(C)C)/CCC2)C(C)(C)c2c1ccc1c(S(=O)(=O)O)cc(S(=O)(=O)O)cc21. The molecule has 5 N–H and O–H groups in total. The largest absolute Gasteiger partial charge is 0.356 e. The van der Waals surface area contributed by atoms with Crippen molar-refractivity contribution in [3.63, 3.8) is 0 Å². The van der Waals surface area contributed by atoms with Crippen molar-refractivity contribution in [1.29, 1.82) is 0 Å². The molecule has 0 atom stereocenters. The number of carbonyl (C=O) groups is 1. The maximum Gasteiger partial charge on any atom is 0.295 e. The highest BCUT2D eigenvalue weighted by atomic mass is 32.2.